The smallest absolute Gasteiger partial charge is 0.234 e. The van der Waals surface area contributed by atoms with Crippen LogP contribution in [0.1, 0.15) is 17.0 Å². The molecule has 0 radical (unpaired) electrons. The second kappa shape index (κ2) is 7.45. The monoisotopic (exact) mass is 348 g/mol. The van der Waals surface area contributed by atoms with Crippen molar-refractivity contribution in [3.05, 3.63) is 65.7 Å². The topological polar surface area (TPSA) is 86.8 Å². The van der Waals surface area contributed by atoms with Gasteiger partial charge in [-0.05, 0) is 29.7 Å². The van der Waals surface area contributed by atoms with Crippen LogP contribution >= 0.6 is 0 Å². The van der Waals surface area contributed by atoms with Crippen LogP contribution in [0.4, 0.5) is 0 Å². The molecule has 3 aromatic rings. The molecule has 132 valence electrons. The number of fused-ring (bicyclic) bond motifs is 1. The molecule has 3 heterocycles. The zero-order valence-electron chi connectivity index (χ0n) is 14.4. The molecule has 2 aromatic heterocycles. The third kappa shape index (κ3) is 3.78. The summed E-state index contributed by atoms with van der Waals surface area (Å²) in [5.74, 6) is 1.23. The van der Waals surface area contributed by atoms with Crippen LogP contribution in [0, 0.1) is 0 Å². The molecule has 0 atom stereocenters. The van der Waals surface area contributed by atoms with Gasteiger partial charge in [-0.25, -0.2) is 4.98 Å². The van der Waals surface area contributed by atoms with Crippen molar-refractivity contribution >= 4 is 5.91 Å². The molecule has 2 N–H and O–H groups in total. The van der Waals surface area contributed by atoms with Crippen molar-refractivity contribution in [1.82, 2.24) is 30.4 Å². The number of H-pyrrole nitrogens is 1. The number of rotatable bonds is 5. The Labute approximate surface area is 151 Å². The Morgan fingerprint density at radius 2 is 1.96 bits per heavy atom. The molecule has 4 rings (SSSR count). The molecule has 0 bridgehead atoms. The van der Waals surface area contributed by atoms with E-state index in [0.717, 1.165) is 25.1 Å². The molecular formula is C19H20N6O. The van der Waals surface area contributed by atoms with Crippen molar-refractivity contribution in [1.29, 1.82) is 0 Å². The molecule has 0 fully saturated rings. The Morgan fingerprint density at radius 3 is 2.81 bits per heavy atom. The predicted molar refractivity (Wildman–Crippen MR) is 96.9 cm³/mol. The third-order valence-corrected chi connectivity index (χ3v) is 4.50. The first-order valence-corrected chi connectivity index (χ1v) is 8.65. The average molecular weight is 348 g/mol. The number of hydrogen-bond acceptors (Lipinski definition) is 5. The van der Waals surface area contributed by atoms with Gasteiger partial charge < -0.3 is 5.32 Å². The molecule has 0 spiro atoms. The van der Waals surface area contributed by atoms with Crippen LogP contribution < -0.4 is 5.32 Å². The van der Waals surface area contributed by atoms with Gasteiger partial charge in [0.1, 0.15) is 5.82 Å². The lowest BCUT2D eigenvalue weighted by Crippen LogP contribution is -2.39. The number of carbonyl (C=O) groups is 1. The van der Waals surface area contributed by atoms with Crippen molar-refractivity contribution in [3.63, 3.8) is 0 Å². The Kier molecular flexibility index (Phi) is 4.70. The molecule has 1 amide bonds. The van der Waals surface area contributed by atoms with Gasteiger partial charge >= 0.3 is 0 Å². The van der Waals surface area contributed by atoms with E-state index >= 15 is 0 Å². The number of aromatic nitrogens is 4. The average Bonchev–Trinajstić information content (AvgIpc) is 3.16. The Balaban J connectivity index is 1.29. The number of benzene rings is 1. The van der Waals surface area contributed by atoms with Crippen molar-refractivity contribution in [2.75, 3.05) is 13.1 Å². The van der Waals surface area contributed by atoms with Crippen molar-refractivity contribution in [2.24, 2.45) is 0 Å². The van der Waals surface area contributed by atoms with Gasteiger partial charge in [-0.3, -0.25) is 19.8 Å². The SMILES string of the molecule is O=C(CN1CCc2ccccc2C1)NCc1nc(-c2ccncc2)n[nH]1. The minimum Gasteiger partial charge on any atom is -0.348 e. The molecule has 7 heteroatoms. The molecule has 0 aliphatic carbocycles. The van der Waals surface area contributed by atoms with Crippen molar-refractivity contribution in [3.8, 4) is 11.4 Å². The summed E-state index contributed by atoms with van der Waals surface area (Å²) >= 11 is 0. The second-order valence-corrected chi connectivity index (χ2v) is 6.35. The van der Waals surface area contributed by atoms with Crippen LogP contribution in [-0.2, 0) is 24.3 Å². The van der Waals surface area contributed by atoms with Crippen LogP contribution in [0.5, 0.6) is 0 Å². The Bertz CT molecular complexity index is 892. The summed E-state index contributed by atoms with van der Waals surface area (Å²) in [6, 6.07) is 12.1. The van der Waals surface area contributed by atoms with Crippen molar-refractivity contribution in [2.45, 2.75) is 19.5 Å². The number of carbonyl (C=O) groups excluding carboxylic acids is 1. The highest BCUT2D eigenvalue weighted by Crippen LogP contribution is 2.18. The van der Waals surface area contributed by atoms with E-state index in [2.05, 4.69) is 48.6 Å². The van der Waals surface area contributed by atoms with Gasteiger partial charge in [0.25, 0.3) is 0 Å². The standard InChI is InChI=1S/C19H20N6O/c26-18(13-25-10-7-14-3-1-2-4-16(14)12-25)21-11-17-22-19(24-23-17)15-5-8-20-9-6-15/h1-6,8-9H,7,10-13H2,(H,21,26)(H,22,23,24). The van der Waals surface area contributed by atoms with Crippen LogP contribution in [-0.4, -0.2) is 44.1 Å². The second-order valence-electron chi connectivity index (χ2n) is 6.35. The Hall–Kier alpha value is -3.06. The zero-order chi connectivity index (χ0) is 17.8. The Morgan fingerprint density at radius 1 is 1.15 bits per heavy atom. The van der Waals surface area contributed by atoms with Crippen LogP contribution in [0.15, 0.2) is 48.8 Å². The number of nitrogens with zero attached hydrogens (tertiary/aromatic N) is 4. The quantitative estimate of drug-likeness (QED) is 0.730. The van der Waals surface area contributed by atoms with Gasteiger partial charge in [-0.2, -0.15) is 5.10 Å². The highest BCUT2D eigenvalue weighted by Gasteiger charge is 2.18. The molecule has 0 unspecified atom stereocenters. The maximum atomic E-state index is 12.3. The molecule has 1 aliphatic rings. The molecule has 1 aromatic carbocycles. The first kappa shape index (κ1) is 16.4. The lowest BCUT2D eigenvalue weighted by atomic mass is 10.00. The molecule has 7 nitrogen and oxygen atoms in total. The first-order valence-electron chi connectivity index (χ1n) is 8.65. The number of aromatic amines is 1. The van der Waals surface area contributed by atoms with Gasteiger partial charge in [-0.1, -0.05) is 24.3 Å². The highest BCUT2D eigenvalue weighted by atomic mass is 16.2. The summed E-state index contributed by atoms with van der Waals surface area (Å²) in [5.41, 5.74) is 3.58. The molecule has 1 aliphatic heterocycles. The highest BCUT2D eigenvalue weighted by molar-refractivity contribution is 5.78. The summed E-state index contributed by atoms with van der Waals surface area (Å²) in [5, 5.41) is 9.95. The lowest BCUT2D eigenvalue weighted by Gasteiger charge is -2.27. The van der Waals surface area contributed by atoms with E-state index in [9.17, 15) is 4.79 Å². The van der Waals surface area contributed by atoms with E-state index in [0.29, 0.717) is 24.7 Å². The van der Waals surface area contributed by atoms with Crippen LogP contribution in [0.3, 0.4) is 0 Å². The summed E-state index contributed by atoms with van der Waals surface area (Å²) in [6.45, 7) is 2.44. The maximum absolute atomic E-state index is 12.3. The summed E-state index contributed by atoms with van der Waals surface area (Å²) < 4.78 is 0. The van der Waals surface area contributed by atoms with Crippen LogP contribution in [0.2, 0.25) is 0 Å². The molecule has 0 saturated heterocycles. The van der Waals surface area contributed by atoms with Gasteiger partial charge in [0.2, 0.25) is 5.91 Å². The minimum absolute atomic E-state index is 0.00811. The first-order chi connectivity index (χ1) is 12.8. The predicted octanol–water partition coefficient (Wildman–Crippen LogP) is 1.54. The third-order valence-electron chi connectivity index (χ3n) is 4.50. The number of hydrogen-bond donors (Lipinski definition) is 2. The van der Waals surface area contributed by atoms with E-state index in [1.807, 2.05) is 18.2 Å². The fourth-order valence-electron chi connectivity index (χ4n) is 3.13. The molecule has 0 saturated carbocycles. The maximum Gasteiger partial charge on any atom is 0.234 e. The summed E-state index contributed by atoms with van der Waals surface area (Å²) in [6.07, 6.45) is 4.38. The molecule has 26 heavy (non-hydrogen) atoms. The fraction of sp³-hybridized carbons (Fsp3) is 0.263. The lowest BCUT2D eigenvalue weighted by molar-refractivity contribution is -0.122. The largest absolute Gasteiger partial charge is 0.348 e. The van der Waals surface area contributed by atoms with Gasteiger partial charge in [0, 0.05) is 31.0 Å². The normalized spacial score (nSPS) is 14.0. The summed E-state index contributed by atoms with van der Waals surface area (Å²) in [7, 11) is 0. The fourth-order valence-corrected chi connectivity index (χ4v) is 3.13. The van der Waals surface area contributed by atoms with Gasteiger partial charge in [0.15, 0.2) is 5.82 Å². The number of amides is 1. The van der Waals surface area contributed by atoms with E-state index in [1.54, 1.807) is 12.4 Å². The van der Waals surface area contributed by atoms with E-state index in [-0.39, 0.29) is 5.91 Å². The zero-order valence-corrected chi connectivity index (χ0v) is 14.4. The number of nitrogens with one attached hydrogen (secondary N) is 2. The molecular weight excluding hydrogens is 328 g/mol. The van der Waals surface area contributed by atoms with Gasteiger partial charge in [-0.15, -0.1) is 0 Å². The number of pyridine rings is 1. The van der Waals surface area contributed by atoms with E-state index < -0.39 is 0 Å². The van der Waals surface area contributed by atoms with Crippen LogP contribution in [0.25, 0.3) is 11.4 Å². The van der Waals surface area contributed by atoms with E-state index in [1.165, 1.54) is 11.1 Å². The summed E-state index contributed by atoms with van der Waals surface area (Å²) in [4.78, 5) is 22.8. The van der Waals surface area contributed by atoms with Crippen molar-refractivity contribution < 1.29 is 4.79 Å². The minimum atomic E-state index is -0.00811. The van der Waals surface area contributed by atoms with Gasteiger partial charge in [0.05, 0.1) is 13.1 Å². The van der Waals surface area contributed by atoms with E-state index in [4.69, 9.17) is 0 Å².